The third-order valence-electron chi connectivity index (χ3n) is 5.46. The van der Waals surface area contributed by atoms with Crippen molar-refractivity contribution in [3.63, 3.8) is 0 Å². The van der Waals surface area contributed by atoms with Gasteiger partial charge in [-0.2, -0.15) is 9.57 Å². The van der Waals surface area contributed by atoms with Gasteiger partial charge in [-0.25, -0.2) is 8.42 Å². The van der Waals surface area contributed by atoms with Crippen molar-refractivity contribution in [1.82, 2.24) is 14.1 Å². The molecule has 2 aliphatic heterocycles. The SMILES string of the molecule is CC(C)C(C#N)N1CCN(C(=O)c2ccccc2S(=O)(=O)N2CCOCC2)CC1. The van der Waals surface area contributed by atoms with Crippen molar-refractivity contribution in [2.45, 2.75) is 24.8 Å². The van der Waals surface area contributed by atoms with Gasteiger partial charge in [-0.15, -0.1) is 0 Å². The van der Waals surface area contributed by atoms with Gasteiger partial charge in [0, 0.05) is 39.3 Å². The predicted molar refractivity (Wildman–Crippen MR) is 108 cm³/mol. The normalized spacial score (nSPS) is 20.4. The number of sulfonamides is 1. The zero-order valence-corrected chi connectivity index (χ0v) is 17.8. The summed E-state index contributed by atoms with van der Waals surface area (Å²) in [5.41, 5.74) is 0.202. The van der Waals surface area contributed by atoms with Gasteiger partial charge < -0.3 is 9.64 Å². The predicted octanol–water partition coefficient (Wildman–Crippen LogP) is 1.01. The van der Waals surface area contributed by atoms with Crippen molar-refractivity contribution >= 4 is 15.9 Å². The Morgan fingerprint density at radius 3 is 2.28 bits per heavy atom. The molecule has 0 N–H and O–H groups in total. The first-order valence-corrected chi connectivity index (χ1v) is 11.4. The van der Waals surface area contributed by atoms with Crippen LogP contribution in [-0.4, -0.2) is 87.0 Å². The third kappa shape index (κ3) is 4.61. The molecule has 0 spiro atoms. The molecule has 1 aromatic rings. The number of benzene rings is 1. The molecular formula is C20H28N4O4S. The summed E-state index contributed by atoms with van der Waals surface area (Å²) in [5.74, 6) is -0.0724. The lowest BCUT2D eigenvalue weighted by Gasteiger charge is -2.38. The fraction of sp³-hybridized carbons (Fsp3) is 0.600. The van der Waals surface area contributed by atoms with Gasteiger partial charge in [-0.05, 0) is 18.1 Å². The minimum absolute atomic E-state index is 0.0476. The lowest BCUT2D eigenvalue weighted by molar-refractivity contribution is 0.0572. The van der Waals surface area contributed by atoms with E-state index >= 15 is 0 Å². The second-order valence-corrected chi connectivity index (χ2v) is 9.57. The van der Waals surface area contributed by atoms with E-state index in [0.717, 1.165) is 0 Å². The number of hydrogen-bond acceptors (Lipinski definition) is 6. The summed E-state index contributed by atoms with van der Waals surface area (Å²) in [5, 5.41) is 9.40. The van der Waals surface area contributed by atoms with E-state index in [1.165, 1.54) is 10.4 Å². The van der Waals surface area contributed by atoms with E-state index in [1.54, 1.807) is 23.1 Å². The second-order valence-electron chi connectivity index (χ2n) is 7.66. The molecule has 0 bridgehead atoms. The standard InChI is InChI=1S/C20H28N4O4S/c1-16(2)18(15-21)22-7-9-23(10-8-22)20(25)17-5-3-4-6-19(17)29(26,27)24-11-13-28-14-12-24/h3-6,16,18H,7-14H2,1-2H3. The lowest BCUT2D eigenvalue weighted by atomic mass is 10.0. The van der Waals surface area contributed by atoms with Crippen LogP contribution in [0.1, 0.15) is 24.2 Å². The fourth-order valence-electron chi connectivity index (χ4n) is 3.82. The quantitative estimate of drug-likeness (QED) is 0.706. The van der Waals surface area contributed by atoms with Crippen LogP contribution in [0, 0.1) is 17.2 Å². The van der Waals surface area contributed by atoms with Crippen molar-refractivity contribution in [3.8, 4) is 6.07 Å². The molecule has 1 atom stereocenters. The molecule has 1 aromatic carbocycles. The number of carbonyl (C=O) groups excluding carboxylic acids is 1. The molecule has 0 aromatic heterocycles. The van der Waals surface area contributed by atoms with Crippen LogP contribution in [0.3, 0.4) is 0 Å². The Hall–Kier alpha value is -1.99. The molecule has 2 aliphatic rings. The molecule has 158 valence electrons. The Morgan fingerprint density at radius 2 is 1.69 bits per heavy atom. The highest BCUT2D eigenvalue weighted by molar-refractivity contribution is 7.89. The lowest BCUT2D eigenvalue weighted by Crippen LogP contribution is -2.53. The topological polar surface area (TPSA) is 93.9 Å². The molecular weight excluding hydrogens is 392 g/mol. The van der Waals surface area contributed by atoms with Gasteiger partial charge in [-0.3, -0.25) is 9.69 Å². The van der Waals surface area contributed by atoms with E-state index in [1.807, 2.05) is 13.8 Å². The van der Waals surface area contributed by atoms with Gasteiger partial charge in [0.05, 0.1) is 29.7 Å². The highest BCUT2D eigenvalue weighted by Gasteiger charge is 2.33. The molecule has 3 rings (SSSR count). The molecule has 29 heavy (non-hydrogen) atoms. The van der Waals surface area contributed by atoms with E-state index in [4.69, 9.17) is 4.74 Å². The number of hydrogen-bond donors (Lipinski definition) is 0. The van der Waals surface area contributed by atoms with Gasteiger partial charge in [-0.1, -0.05) is 26.0 Å². The Bertz CT molecular complexity index is 867. The summed E-state index contributed by atoms with van der Waals surface area (Å²) in [6.45, 7) is 7.44. The number of morpholine rings is 1. The summed E-state index contributed by atoms with van der Waals surface area (Å²) >= 11 is 0. The Balaban J connectivity index is 1.77. The van der Waals surface area contributed by atoms with Crippen LogP contribution in [0.5, 0.6) is 0 Å². The molecule has 0 aliphatic carbocycles. The van der Waals surface area contributed by atoms with Crippen molar-refractivity contribution in [3.05, 3.63) is 29.8 Å². The summed E-state index contributed by atoms with van der Waals surface area (Å²) in [6, 6.07) is 8.56. The van der Waals surface area contributed by atoms with Gasteiger partial charge in [0.1, 0.15) is 6.04 Å². The highest BCUT2D eigenvalue weighted by atomic mass is 32.2. The molecule has 1 unspecified atom stereocenters. The van der Waals surface area contributed by atoms with Crippen LogP contribution in [-0.2, 0) is 14.8 Å². The molecule has 2 heterocycles. The van der Waals surface area contributed by atoms with Crippen LogP contribution in [0.15, 0.2) is 29.2 Å². The van der Waals surface area contributed by atoms with Crippen molar-refractivity contribution < 1.29 is 17.9 Å². The van der Waals surface area contributed by atoms with Crippen molar-refractivity contribution in [1.29, 1.82) is 5.26 Å². The van der Waals surface area contributed by atoms with Crippen LogP contribution < -0.4 is 0 Å². The third-order valence-corrected chi connectivity index (χ3v) is 7.42. The van der Waals surface area contributed by atoms with E-state index in [-0.39, 0.29) is 41.4 Å². The maximum atomic E-state index is 13.2. The van der Waals surface area contributed by atoms with Crippen LogP contribution >= 0.6 is 0 Å². The average molecular weight is 421 g/mol. The number of nitrogens with zero attached hydrogens (tertiary/aromatic N) is 4. The van der Waals surface area contributed by atoms with Crippen LogP contribution in [0.2, 0.25) is 0 Å². The van der Waals surface area contributed by atoms with Crippen LogP contribution in [0.4, 0.5) is 0 Å². The Kier molecular flexibility index (Phi) is 6.90. The number of rotatable bonds is 5. The number of piperazine rings is 1. The molecule has 2 fully saturated rings. The van der Waals surface area contributed by atoms with Gasteiger partial charge >= 0.3 is 0 Å². The molecule has 0 radical (unpaired) electrons. The summed E-state index contributed by atoms with van der Waals surface area (Å²) in [4.78, 5) is 17.0. The zero-order chi connectivity index (χ0) is 21.0. The number of carbonyl (C=O) groups is 1. The van der Waals surface area contributed by atoms with Crippen molar-refractivity contribution in [2.24, 2.45) is 5.92 Å². The molecule has 8 nitrogen and oxygen atoms in total. The minimum atomic E-state index is -3.76. The van der Waals surface area contributed by atoms with E-state index in [2.05, 4.69) is 11.0 Å². The van der Waals surface area contributed by atoms with Gasteiger partial charge in [0.25, 0.3) is 5.91 Å². The second kappa shape index (κ2) is 9.22. The summed E-state index contributed by atoms with van der Waals surface area (Å²) < 4.78 is 32.8. The Morgan fingerprint density at radius 1 is 1.07 bits per heavy atom. The largest absolute Gasteiger partial charge is 0.379 e. The van der Waals surface area contributed by atoms with E-state index in [9.17, 15) is 18.5 Å². The monoisotopic (exact) mass is 420 g/mol. The number of ether oxygens (including phenoxy) is 1. The van der Waals surface area contributed by atoms with E-state index < -0.39 is 10.0 Å². The first kappa shape index (κ1) is 21.7. The molecule has 0 saturated carbocycles. The number of nitriles is 1. The molecule has 2 saturated heterocycles. The minimum Gasteiger partial charge on any atom is -0.379 e. The average Bonchev–Trinajstić information content (AvgIpc) is 2.74. The molecule has 9 heteroatoms. The Labute approximate surface area is 172 Å². The maximum Gasteiger partial charge on any atom is 0.255 e. The van der Waals surface area contributed by atoms with E-state index in [0.29, 0.717) is 39.4 Å². The van der Waals surface area contributed by atoms with Crippen molar-refractivity contribution in [2.75, 3.05) is 52.5 Å². The first-order chi connectivity index (χ1) is 13.9. The zero-order valence-electron chi connectivity index (χ0n) is 17.0. The summed E-state index contributed by atoms with van der Waals surface area (Å²) in [7, 11) is -3.76. The van der Waals surface area contributed by atoms with Gasteiger partial charge in [0.15, 0.2) is 0 Å². The smallest absolute Gasteiger partial charge is 0.255 e. The first-order valence-electron chi connectivity index (χ1n) is 9.96. The fourth-order valence-corrected chi connectivity index (χ4v) is 5.41. The molecule has 1 amide bonds. The number of amides is 1. The highest BCUT2D eigenvalue weighted by Crippen LogP contribution is 2.23. The van der Waals surface area contributed by atoms with Crippen LogP contribution in [0.25, 0.3) is 0 Å². The summed E-state index contributed by atoms with van der Waals surface area (Å²) in [6.07, 6.45) is 0. The van der Waals surface area contributed by atoms with Gasteiger partial charge in [0.2, 0.25) is 10.0 Å². The maximum absolute atomic E-state index is 13.2.